The van der Waals surface area contributed by atoms with Crippen LogP contribution in [-0.2, 0) is 19.0 Å². The Morgan fingerprint density at radius 3 is 2.64 bits per heavy atom. The molecule has 14 heavy (non-hydrogen) atoms. The van der Waals surface area contributed by atoms with Crippen molar-refractivity contribution in [3.8, 4) is 0 Å². The summed E-state index contributed by atoms with van der Waals surface area (Å²) in [5, 5.41) is 0. The topological polar surface area (TPSA) is 44.8 Å². The molecule has 0 aromatic carbocycles. The van der Waals surface area contributed by atoms with Gasteiger partial charge in [0.2, 0.25) is 5.76 Å². The molecule has 0 spiro atoms. The second-order valence-electron chi connectivity index (χ2n) is 2.35. The van der Waals surface area contributed by atoms with E-state index in [0.717, 1.165) is 0 Å². The number of hydrogen-bond donors (Lipinski definition) is 0. The fourth-order valence-corrected chi connectivity index (χ4v) is 0.770. The molecule has 0 bridgehead atoms. The van der Waals surface area contributed by atoms with Crippen molar-refractivity contribution in [3.63, 3.8) is 0 Å². The molecule has 0 amide bonds. The van der Waals surface area contributed by atoms with Gasteiger partial charge in [0, 0.05) is 0 Å². The zero-order chi connectivity index (χ0) is 10.8. The Kier molecular flexibility index (Phi) is 7.32. The third kappa shape index (κ3) is 5.24. The van der Waals surface area contributed by atoms with Gasteiger partial charge in [0.05, 0.1) is 13.4 Å². The molecule has 0 heterocycles. The van der Waals surface area contributed by atoms with Gasteiger partial charge in [0.15, 0.2) is 0 Å². The second-order valence-corrected chi connectivity index (χ2v) is 2.35. The highest BCUT2D eigenvalue weighted by atomic mass is 16.6. The van der Waals surface area contributed by atoms with Gasteiger partial charge in [-0.05, 0) is 12.5 Å². The molecule has 0 aromatic rings. The Bertz CT molecular complexity index is 208. The summed E-state index contributed by atoms with van der Waals surface area (Å²) in [6.07, 6.45) is 3.71. The minimum Gasteiger partial charge on any atom is -0.498 e. The molecule has 80 valence electrons. The van der Waals surface area contributed by atoms with Gasteiger partial charge in [-0.25, -0.2) is 4.79 Å². The van der Waals surface area contributed by atoms with E-state index in [1.165, 1.54) is 13.4 Å². The Morgan fingerprint density at radius 2 is 2.14 bits per heavy atom. The average Bonchev–Trinajstić information content (AvgIpc) is 2.21. The molecule has 0 N–H and O–H groups in total. The van der Waals surface area contributed by atoms with Crippen LogP contribution in [0.2, 0.25) is 0 Å². The van der Waals surface area contributed by atoms with Crippen molar-refractivity contribution in [1.82, 2.24) is 0 Å². The van der Waals surface area contributed by atoms with Gasteiger partial charge in [-0.3, -0.25) is 0 Å². The summed E-state index contributed by atoms with van der Waals surface area (Å²) in [5.74, 6) is -0.242. The molecule has 0 rings (SSSR count). The molecule has 0 aliphatic rings. The third-order valence-electron chi connectivity index (χ3n) is 1.35. The van der Waals surface area contributed by atoms with Gasteiger partial charge in [0.1, 0.15) is 13.2 Å². The largest absolute Gasteiger partial charge is 0.498 e. The standard InChI is InChI=1S/C10H16O4/c1-4-6-9(10(11)12-3)14-8-7-13-5-2/h5-6H,2,4,7-8H2,1,3H3. The van der Waals surface area contributed by atoms with Crippen LogP contribution in [0.1, 0.15) is 13.3 Å². The fraction of sp³-hybridized carbons (Fsp3) is 0.500. The van der Waals surface area contributed by atoms with Crippen LogP contribution in [0.3, 0.4) is 0 Å². The van der Waals surface area contributed by atoms with Crippen molar-refractivity contribution in [2.75, 3.05) is 20.3 Å². The number of rotatable bonds is 7. The summed E-state index contributed by atoms with van der Waals surface area (Å²) in [6.45, 7) is 5.95. The van der Waals surface area contributed by atoms with Crippen LogP contribution in [0.5, 0.6) is 0 Å². The van der Waals surface area contributed by atoms with Crippen molar-refractivity contribution in [3.05, 3.63) is 24.7 Å². The molecular formula is C10H16O4. The molecule has 0 unspecified atom stereocenters. The molecule has 0 atom stereocenters. The summed E-state index contributed by atoms with van der Waals surface area (Å²) in [7, 11) is 1.31. The number of allylic oxidation sites excluding steroid dienone is 1. The summed E-state index contributed by atoms with van der Waals surface area (Å²) in [6, 6.07) is 0. The molecule has 0 radical (unpaired) electrons. The molecule has 4 heteroatoms. The van der Waals surface area contributed by atoms with Gasteiger partial charge in [-0.1, -0.05) is 13.5 Å². The van der Waals surface area contributed by atoms with Gasteiger partial charge in [-0.2, -0.15) is 0 Å². The van der Waals surface area contributed by atoms with Crippen LogP contribution in [0.25, 0.3) is 0 Å². The quantitative estimate of drug-likeness (QED) is 0.271. The van der Waals surface area contributed by atoms with Gasteiger partial charge < -0.3 is 14.2 Å². The van der Waals surface area contributed by atoms with E-state index >= 15 is 0 Å². The predicted octanol–water partition coefficient (Wildman–Crippen LogP) is 1.63. The first-order valence-electron chi connectivity index (χ1n) is 4.40. The summed E-state index contributed by atoms with van der Waals surface area (Å²) in [4.78, 5) is 11.1. The van der Waals surface area contributed by atoms with Crippen LogP contribution in [0.15, 0.2) is 24.7 Å². The molecule has 0 saturated heterocycles. The minimum atomic E-state index is -0.467. The Labute approximate surface area is 84.1 Å². The van der Waals surface area contributed by atoms with E-state index < -0.39 is 5.97 Å². The Balaban J connectivity index is 3.92. The molecule has 0 fully saturated rings. The van der Waals surface area contributed by atoms with Crippen molar-refractivity contribution in [2.45, 2.75) is 13.3 Å². The number of hydrogen-bond acceptors (Lipinski definition) is 4. The first-order chi connectivity index (χ1) is 6.76. The van der Waals surface area contributed by atoms with E-state index in [1.54, 1.807) is 6.08 Å². The summed E-state index contributed by atoms with van der Waals surface area (Å²) < 4.78 is 14.5. The normalized spacial score (nSPS) is 10.6. The second kappa shape index (κ2) is 8.16. The van der Waals surface area contributed by atoms with E-state index in [-0.39, 0.29) is 5.76 Å². The molecule has 0 saturated carbocycles. The first-order valence-corrected chi connectivity index (χ1v) is 4.40. The van der Waals surface area contributed by atoms with E-state index in [2.05, 4.69) is 11.3 Å². The highest BCUT2D eigenvalue weighted by Gasteiger charge is 2.09. The Hall–Kier alpha value is -1.45. The Morgan fingerprint density at radius 1 is 1.43 bits per heavy atom. The van der Waals surface area contributed by atoms with Crippen molar-refractivity contribution >= 4 is 5.97 Å². The van der Waals surface area contributed by atoms with Crippen molar-refractivity contribution < 1.29 is 19.0 Å². The van der Waals surface area contributed by atoms with Crippen LogP contribution in [-0.4, -0.2) is 26.3 Å². The van der Waals surface area contributed by atoms with Crippen molar-refractivity contribution in [2.24, 2.45) is 0 Å². The molecule has 0 aromatic heterocycles. The molecule has 0 aliphatic heterocycles. The lowest BCUT2D eigenvalue weighted by atomic mass is 10.4. The van der Waals surface area contributed by atoms with Crippen LogP contribution in [0, 0.1) is 0 Å². The van der Waals surface area contributed by atoms with E-state index in [4.69, 9.17) is 9.47 Å². The summed E-state index contributed by atoms with van der Waals surface area (Å²) >= 11 is 0. The predicted molar refractivity (Wildman–Crippen MR) is 52.5 cm³/mol. The SMILES string of the molecule is C=COCCOC(=CCC)C(=O)OC. The zero-order valence-electron chi connectivity index (χ0n) is 8.62. The maximum absolute atomic E-state index is 11.1. The molecular weight excluding hydrogens is 184 g/mol. The zero-order valence-corrected chi connectivity index (χ0v) is 8.62. The van der Waals surface area contributed by atoms with Gasteiger partial charge in [-0.15, -0.1) is 0 Å². The highest BCUT2D eigenvalue weighted by Crippen LogP contribution is 2.01. The molecule has 0 aliphatic carbocycles. The van der Waals surface area contributed by atoms with Crippen LogP contribution in [0.4, 0.5) is 0 Å². The van der Waals surface area contributed by atoms with Gasteiger partial charge in [0.25, 0.3) is 0 Å². The van der Waals surface area contributed by atoms with E-state index in [0.29, 0.717) is 19.6 Å². The maximum Gasteiger partial charge on any atom is 0.372 e. The number of carbonyl (C=O) groups excluding carboxylic acids is 1. The number of esters is 1. The van der Waals surface area contributed by atoms with E-state index in [9.17, 15) is 4.79 Å². The smallest absolute Gasteiger partial charge is 0.372 e. The lowest BCUT2D eigenvalue weighted by molar-refractivity contribution is -0.140. The van der Waals surface area contributed by atoms with Crippen LogP contribution < -0.4 is 0 Å². The lowest BCUT2D eigenvalue weighted by Gasteiger charge is -2.07. The lowest BCUT2D eigenvalue weighted by Crippen LogP contribution is -2.11. The number of carbonyl (C=O) groups is 1. The number of ether oxygens (including phenoxy) is 3. The first kappa shape index (κ1) is 12.6. The highest BCUT2D eigenvalue weighted by molar-refractivity contribution is 5.86. The average molecular weight is 200 g/mol. The number of methoxy groups -OCH3 is 1. The molecule has 4 nitrogen and oxygen atoms in total. The minimum absolute atomic E-state index is 0.225. The van der Waals surface area contributed by atoms with Crippen LogP contribution >= 0.6 is 0 Å². The summed E-state index contributed by atoms with van der Waals surface area (Å²) in [5.41, 5.74) is 0. The van der Waals surface area contributed by atoms with E-state index in [1.807, 2.05) is 6.92 Å². The maximum atomic E-state index is 11.1. The third-order valence-corrected chi connectivity index (χ3v) is 1.35. The fourth-order valence-electron chi connectivity index (χ4n) is 0.770. The monoisotopic (exact) mass is 200 g/mol. The van der Waals surface area contributed by atoms with Crippen molar-refractivity contribution in [1.29, 1.82) is 0 Å². The van der Waals surface area contributed by atoms with Gasteiger partial charge >= 0.3 is 5.97 Å².